The van der Waals surface area contributed by atoms with E-state index in [1.54, 1.807) is 6.07 Å². The number of hydrogen-bond acceptors (Lipinski definition) is 6. The van der Waals surface area contributed by atoms with Gasteiger partial charge in [-0.05, 0) is 61.2 Å². The van der Waals surface area contributed by atoms with Crippen LogP contribution in [0.1, 0.15) is 36.1 Å². The molecule has 2 aliphatic rings. The van der Waals surface area contributed by atoms with E-state index in [0.717, 1.165) is 16.8 Å². The number of aryl methyl sites for hydroxylation is 1. The van der Waals surface area contributed by atoms with E-state index in [1.165, 1.54) is 12.1 Å². The van der Waals surface area contributed by atoms with E-state index in [2.05, 4.69) is 9.47 Å². The maximum absolute atomic E-state index is 13.4. The first-order chi connectivity index (χ1) is 16.8. The topological polar surface area (TPSA) is 77.9 Å². The maximum atomic E-state index is 13.4. The van der Waals surface area contributed by atoms with E-state index in [4.69, 9.17) is 14.8 Å². The summed E-state index contributed by atoms with van der Waals surface area (Å²) >= 11 is 0. The summed E-state index contributed by atoms with van der Waals surface area (Å²) in [6.07, 6.45) is -1.72. The van der Waals surface area contributed by atoms with Crippen molar-refractivity contribution in [2.24, 2.45) is 0 Å². The molecule has 0 spiro atoms. The lowest BCUT2D eigenvalue weighted by Gasteiger charge is -2.16. The van der Waals surface area contributed by atoms with E-state index >= 15 is 0 Å². The van der Waals surface area contributed by atoms with Crippen LogP contribution in [0.2, 0.25) is 0 Å². The van der Waals surface area contributed by atoms with Crippen molar-refractivity contribution < 1.29 is 32.9 Å². The smallest absolute Gasteiger partial charge is 0.493 e. The summed E-state index contributed by atoms with van der Waals surface area (Å²) in [6.45, 7) is 2.44. The van der Waals surface area contributed by atoms with Gasteiger partial charge in [0.05, 0.1) is 17.7 Å². The minimum atomic E-state index is -3.69. The van der Waals surface area contributed by atoms with Crippen LogP contribution in [0.25, 0.3) is 11.3 Å². The normalized spacial score (nSPS) is 16.7. The molecule has 0 radical (unpaired) electrons. The molecular formula is C27H25F2NO5. The Morgan fingerprint density at radius 2 is 1.89 bits per heavy atom. The lowest BCUT2D eigenvalue weighted by Crippen LogP contribution is -2.26. The monoisotopic (exact) mass is 481 g/mol. The number of Topliss-reactive ketones (excluding diaryl/α,β-unsaturated/α-hetero) is 1. The molecule has 0 atom stereocenters. The second-order valence-corrected chi connectivity index (χ2v) is 8.93. The van der Waals surface area contributed by atoms with Gasteiger partial charge < -0.3 is 19.3 Å². The number of ether oxygens (including phenoxy) is 3. The third-order valence-electron chi connectivity index (χ3n) is 6.41. The van der Waals surface area contributed by atoms with Gasteiger partial charge in [-0.15, -0.1) is 8.78 Å². The molecule has 1 aromatic heterocycles. The van der Waals surface area contributed by atoms with Crippen LogP contribution in [0.15, 0.2) is 54.6 Å². The molecule has 0 amide bonds. The van der Waals surface area contributed by atoms with Gasteiger partial charge in [0, 0.05) is 30.7 Å². The summed E-state index contributed by atoms with van der Waals surface area (Å²) in [6, 6.07) is 15.9. The van der Waals surface area contributed by atoms with Crippen molar-refractivity contribution in [3.8, 4) is 28.5 Å². The van der Waals surface area contributed by atoms with E-state index in [-0.39, 0.29) is 30.3 Å². The first kappa shape index (κ1) is 23.2. The highest BCUT2D eigenvalue weighted by molar-refractivity contribution is 5.94. The number of nitrogens with zero attached hydrogens (tertiary/aromatic N) is 1. The van der Waals surface area contributed by atoms with Gasteiger partial charge in [0.25, 0.3) is 0 Å². The zero-order valence-electron chi connectivity index (χ0n) is 19.2. The van der Waals surface area contributed by atoms with E-state index in [9.17, 15) is 13.6 Å². The summed E-state index contributed by atoms with van der Waals surface area (Å²) in [7, 11) is 0. The molecule has 182 valence electrons. The molecule has 1 fully saturated rings. The SMILES string of the molecule is Cc1ccc(CC(=O)C2(c3ccc4c(c3)OC(F)(F)O4)CC2)nc1-c1cccc(OCCCO)c1. The quantitative estimate of drug-likeness (QED) is 0.434. The Kier molecular flexibility index (Phi) is 5.92. The summed E-state index contributed by atoms with van der Waals surface area (Å²) in [5.41, 5.74) is 3.17. The molecule has 0 bridgehead atoms. The predicted octanol–water partition coefficient (Wildman–Crippen LogP) is 4.98. The second-order valence-electron chi connectivity index (χ2n) is 8.93. The average molecular weight is 481 g/mol. The third kappa shape index (κ3) is 4.71. The van der Waals surface area contributed by atoms with Crippen LogP contribution in [-0.2, 0) is 16.6 Å². The fourth-order valence-electron chi connectivity index (χ4n) is 4.38. The third-order valence-corrected chi connectivity index (χ3v) is 6.41. The number of pyridine rings is 1. The molecule has 0 unspecified atom stereocenters. The zero-order valence-corrected chi connectivity index (χ0v) is 19.2. The highest BCUT2D eigenvalue weighted by atomic mass is 19.3. The van der Waals surface area contributed by atoms with Crippen molar-refractivity contribution in [1.29, 1.82) is 0 Å². The number of ketones is 1. The molecular weight excluding hydrogens is 456 g/mol. The lowest BCUT2D eigenvalue weighted by atomic mass is 9.88. The van der Waals surface area contributed by atoms with Gasteiger partial charge in [-0.25, -0.2) is 0 Å². The number of benzene rings is 2. The zero-order chi connectivity index (χ0) is 24.6. The fraction of sp³-hybridized carbons (Fsp3) is 0.333. The first-order valence-corrected chi connectivity index (χ1v) is 11.5. The molecule has 6 nitrogen and oxygen atoms in total. The van der Waals surface area contributed by atoms with E-state index < -0.39 is 11.7 Å². The molecule has 1 aliphatic carbocycles. The van der Waals surface area contributed by atoms with Gasteiger partial charge in [-0.3, -0.25) is 9.78 Å². The number of hydrogen-bond donors (Lipinski definition) is 1. The summed E-state index contributed by atoms with van der Waals surface area (Å²) in [5, 5.41) is 8.95. The Morgan fingerprint density at radius 3 is 2.66 bits per heavy atom. The van der Waals surface area contributed by atoms with Gasteiger partial charge >= 0.3 is 6.29 Å². The number of carbonyl (C=O) groups is 1. The van der Waals surface area contributed by atoms with Crippen LogP contribution in [0.4, 0.5) is 8.78 Å². The summed E-state index contributed by atoms with van der Waals surface area (Å²) < 4.78 is 41.5. The number of aliphatic hydroxyl groups excluding tert-OH is 1. The maximum Gasteiger partial charge on any atom is 0.586 e. The van der Waals surface area contributed by atoms with Crippen molar-refractivity contribution in [3.63, 3.8) is 0 Å². The van der Waals surface area contributed by atoms with E-state index in [0.29, 0.717) is 42.9 Å². The standard InChI is InChI=1S/C27H25F2NO5/c1-17-6-8-20(30-25(17)18-4-2-5-21(14-18)33-13-3-12-31)16-24(32)26(10-11-26)19-7-9-22-23(15-19)35-27(28,29)34-22/h2,4-9,14-15,31H,3,10-13,16H2,1H3. The fourth-order valence-corrected chi connectivity index (χ4v) is 4.38. The molecule has 2 heterocycles. The molecule has 5 rings (SSSR count). The second kappa shape index (κ2) is 8.92. The number of aromatic nitrogens is 1. The number of carbonyl (C=O) groups excluding carboxylic acids is 1. The Morgan fingerprint density at radius 1 is 1.09 bits per heavy atom. The van der Waals surface area contributed by atoms with Crippen LogP contribution < -0.4 is 14.2 Å². The van der Waals surface area contributed by atoms with Crippen LogP contribution >= 0.6 is 0 Å². The van der Waals surface area contributed by atoms with Crippen molar-refractivity contribution in [2.45, 2.75) is 44.3 Å². The van der Waals surface area contributed by atoms with Crippen molar-refractivity contribution in [3.05, 3.63) is 71.4 Å². The Hall–Kier alpha value is -3.52. The molecule has 8 heteroatoms. The minimum Gasteiger partial charge on any atom is -0.493 e. The van der Waals surface area contributed by atoms with Gasteiger partial charge in [-0.1, -0.05) is 24.3 Å². The van der Waals surface area contributed by atoms with Crippen LogP contribution in [0, 0.1) is 6.92 Å². The molecule has 3 aromatic rings. The molecule has 35 heavy (non-hydrogen) atoms. The predicted molar refractivity (Wildman–Crippen MR) is 124 cm³/mol. The number of fused-ring (bicyclic) bond motifs is 1. The van der Waals surface area contributed by atoms with Crippen molar-refractivity contribution in [2.75, 3.05) is 13.2 Å². The highest BCUT2D eigenvalue weighted by Crippen LogP contribution is 2.52. The van der Waals surface area contributed by atoms with Gasteiger partial charge in [0.1, 0.15) is 11.5 Å². The molecule has 2 aromatic carbocycles. The van der Waals surface area contributed by atoms with Crippen LogP contribution in [0.3, 0.4) is 0 Å². The van der Waals surface area contributed by atoms with Crippen molar-refractivity contribution >= 4 is 5.78 Å². The Bertz CT molecular complexity index is 1270. The highest BCUT2D eigenvalue weighted by Gasteiger charge is 2.52. The van der Waals surface area contributed by atoms with Gasteiger partial charge in [0.15, 0.2) is 11.5 Å². The molecule has 1 aliphatic heterocycles. The number of halogens is 2. The molecule has 0 saturated heterocycles. The van der Waals surface area contributed by atoms with Gasteiger partial charge in [-0.2, -0.15) is 0 Å². The van der Waals surface area contributed by atoms with Crippen LogP contribution in [-0.4, -0.2) is 35.4 Å². The Balaban J connectivity index is 1.35. The first-order valence-electron chi connectivity index (χ1n) is 11.5. The number of aliphatic hydroxyl groups is 1. The molecule has 1 N–H and O–H groups in total. The van der Waals surface area contributed by atoms with E-state index in [1.807, 2.05) is 43.3 Å². The molecule has 1 saturated carbocycles. The summed E-state index contributed by atoms with van der Waals surface area (Å²) in [4.78, 5) is 18.1. The minimum absolute atomic E-state index is 0.00786. The lowest BCUT2D eigenvalue weighted by molar-refractivity contribution is -0.286. The van der Waals surface area contributed by atoms with Crippen molar-refractivity contribution in [1.82, 2.24) is 4.98 Å². The largest absolute Gasteiger partial charge is 0.586 e. The number of rotatable bonds is 9. The average Bonchev–Trinajstić information content (AvgIpc) is 3.58. The van der Waals surface area contributed by atoms with Gasteiger partial charge in [0.2, 0.25) is 0 Å². The summed E-state index contributed by atoms with van der Waals surface area (Å²) in [5.74, 6) is 0.591. The Labute approximate surface area is 201 Å². The number of alkyl halides is 2. The van der Waals surface area contributed by atoms with Crippen LogP contribution in [0.5, 0.6) is 17.2 Å².